The van der Waals surface area contributed by atoms with Gasteiger partial charge in [-0.25, -0.2) is 13.2 Å². The molecule has 0 spiro atoms. The van der Waals surface area contributed by atoms with E-state index in [-0.39, 0.29) is 22.2 Å². The fourth-order valence-electron chi connectivity index (χ4n) is 1.42. The van der Waals surface area contributed by atoms with E-state index >= 15 is 0 Å². The van der Waals surface area contributed by atoms with Gasteiger partial charge in [0.1, 0.15) is 4.90 Å². The molecule has 0 radical (unpaired) electrons. The second-order valence-corrected chi connectivity index (χ2v) is 6.38. The first-order valence-electron chi connectivity index (χ1n) is 5.29. The maximum atomic E-state index is 11.8. The molecule has 0 aliphatic rings. The molecule has 0 bridgehead atoms. The van der Waals surface area contributed by atoms with Gasteiger partial charge in [0, 0.05) is 0 Å². The number of hydrogen-bond acceptors (Lipinski definition) is 5. The van der Waals surface area contributed by atoms with E-state index in [0.717, 1.165) is 12.1 Å². The SMILES string of the molecule is CCOC(=O)c1cc(Cl)c(S(=O)(=O)CC(=O)O)c(Cl)c1. The molecule has 110 valence electrons. The molecule has 0 saturated carbocycles. The molecular formula is C11H10Cl2O6S. The Morgan fingerprint density at radius 3 is 2.15 bits per heavy atom. The third-order valence-corrected chi connectivity index (χ3v) is 4.64. The van der Waals surface area contributed by atoms with Crippen molar-refractivity contribution in [1.82, 2.24) is 0 Å². The Kier molecular flexibility index (Phi) is 5.38. The molecular weight excluding hydrogens is 331 g/mol. The smallest absolute Gasteiger partial charge is 0.338 e. The molecule has 0 saturated heterocycles. The number of carbonyl (C=O) groups is 2. The Hall–Kier alpha value is -1.31. The van der Waals surface area contributed by atoms with Crippen LogP contribution in [0, 0.1) is 0 Å². The quantitative estimate of drug-likeness (QED) is 0.823. The minimum atomic E-state index is -4.19. The van der Waals surface area contributed by atoms with E-state index in [2.05, 4.69) is 0 Å². The van der Waals surface area contributed by atoms with E-state index in [9.17, 15) is 18.0 Å². The molecule has 0 amide bonds. The monoisotopic (exact) mass is 340 g/mol. The van der Waals surface area contributed by atoms with Crippen LogP contribution in [0.25, 0.3) is 0 Å². The van der Waals surface area contributed by atoms with Gasteiger partial charge in [0.2, 0.25) is 0 Å². The normalized spacial score (nSPS) is 11.2. The topological polar surface area (TPSA) is 97.7 Å². The lowest BCUT2D eigenvalue weighted by atomic mass is 10.2. The molecule has 1 N–H and O–H groups in total. The highest BCUT2D eigenvalue weighted by molar-refractivity contribution is 7.92. The standard InChI is InChI=1S/C11H10Cl2O6S/c1-2-19-11(16)6-3-7(12)10(8(13)4-6)20(17,18)5-9(14)15/h3-4H,2,5H2,1H3,(H,14,15). The van der Waals surface area contributed by atoms with Gasteiger partial charge in [0.05, 0.1) is 22.2 Å². The van der Waals surface area contributed by atoms with Crippen molar-refractivity contribution in [2.75, 3.05) is 12.4 Å². The van der Waals surface area contributed by atoms with Crippen LogP contribution in [-0.4, -0.2) is 37.8 Å². The second-order valence-electron chi connectivity index (χ2n) is 3.64. The van der Waals surface area contributed by atoms with Crippen LogP contribution in [0.2, 0.25) is 10.0 Å². The lowest BCUT2D eigenvalue weighted by Gasteiger charge is -2.09. The summed E-state index contributed by atoms with van der Waals surface area (Å²) in [6, 6.07) is 2.14. The number of esters is 1. The number of rotatable bonds is 5. The average Bonchev–Trinajstić information content (AvgIpc) is 2.25. The summed E-state index contributed by atoms with van der Waals surface area (Å²) < 4.78 is 28.4. The van der Waals surface area contributed by atoms with Crippen LogP contribution in [0.4, 0.5) is 0 Å². The van der Waals surface area contributed by atoms with Gasteiger partial charge in [-0.3, -0.25) is 4.79 Å². The summed E-state index contributed by atoms with van der Waals surface area (Å²) in [6.07, 6.45) is 0. The summed E-state index contributed by atoms with van der Waals surface area (Å²) in [5, 5.41) is 7.90. The van der Waals surface area contributed by atoms with E-state index in [1.165, 1.54) is 0 Å². The number of aliphatic carboxylic acids is 1. The summed E-state index contributed by atoms with van der Waals surface area (Å²) in [5.74, 6) is -3.39. The molecule has 0 aliphatic carbocycles. The number of halogens is 2. The highest BCUT2D eigenvalue weighted by Crippen LogP contribution is 2.32. The van der Waals surface area contributed by atoms with Crippen molar-refractivity contribution in [2.24, 2.45) is 0 Å². The number of benzene rings is 1. The Morgan fingerprint density at radius 1 is 1.25 bits per heavy atom. The van der Waals surface area contributed by atoms with Gasteiger partial charge in [-0.05, 0) is 19.1 Å². The first-order chi connectivity index (χ1) is 9.19. The number of carboxylic acids is 1. The Bertz CT molecular complexity index is 630. The summed E-state index contributed by atoms with van der Waals surface area (Å²) in [5.41, 5.74) is -0.0175. The van der Waals surface area contributed by atoms with Crippen molar-refractivity contribution in [2.45, 2.75) is 11.8 Å². The van der Waals surface area contributed by atoms with E-state index in [0.29, 0.717) is 0 Å². The highest BCUT2D eigenvalue weighted by atomic mass is 35.5. The highest BCUT2D eigenvalue weighted by Gasteiger charge is 2.26. The summed E-state index contributed by atoms with van der Waals surface area (Å²) in [6.45, 7) is 1.74. The average molecular weight is 341 g/mol. The van der Waals surface area contributed by atoms with Gasteiger partial charge in [0.15, 0.2) is 15.6 Å². The van der Waals surface area contributed by atoms with Crippen molar-refractivity contribution in [1.29, 1.82) is 0 Å². The lowest BCUT2D eigenvalue weighted by molar-refractivity contribution is -0.134. The molecule has 0 aromatic heterocycles. The van der Waals surface area contributed by atoms with Crippen LogP contribution in [0.1, 0.15) is 17.3 Å². The van der Waals surface area contributed by atoms with Crippen molar-refractivity contribution >= 4 is 45.0 Å². The van der Waals surface area contributed by atoms with Gasteiger partial charge in [0.25, 0.3) is 0 Å². The summed E-state index contributed by atoms with van der Waals surface area (Å²) >= 11 is 11.6. The molecule has 20 heavy (non-hydrogen) atoms. The molecule has 6 nitrogen and oxygen atoms in total. The number of carboxylic acid groups (broad SMARTS) is 1. The predicted octanol–water partition coefficient (Wildman–Crippen LogP) is 2.03. The van der Waals surface area contributed by atoms with Crippen molar-refractivity contribution in [3.63, 3.8) is 0 Å². The Balaban J connectivity index is 3.33. The zero-order valence-corrected chi connectivity index (χ0v) is 12.5. The van der Waals surface area contributed by atoms with Gasteiger partial charge >= 0.3 is 11.9 Å². The van der Waals surface area contributed by atoms with Crippen molar-refractivity contribution in [3.05, 3.63) is 27.7 Å². The zero-order valence-electron chi connectivity index (χ0n) is 10.2. The van der Waals surface area contributed by atoms with Crippen LogP contribution in [0.5, 0.6) is 0 Å². The van der Waals surface area contributed by atoms with E-state index in [1.54, 1.807) is 6.92 Å². The van der Waals surface area contributed by atoms with E-state index < -0.39 is 32.4 Å². The maximum Gasteiger partial charge on any atom is 0.338 e. The molecule has 0 atom stereocenters. The third kappa shape index (κ3) is 3.84. The molecule has 0 fully saturated rings. The van der Waals surface area contributed by atoms with Crippen LogP contribution in [0.3, 0.4) is 0 Å². The summed E-state index contributed by atoms with van der Waals surface area (Å²) in [7, 11) is -4.19. The van der Waals surface area contributed by atoms with Crippen LogP contribution in [-0.2, 0) is 19.4 Å². The fourth-order valence-corrected chi connectivity index (χ4v) is 3.80. The Labute approximate surface area is 125 Å². The molecule has 1 aromatic carbocycles. The van der Waals surface area contributed by atoms with Crippen LogP contribution >= 0.6 is 23.2 Å². The van der Waals surface area contributed by atoms with Crippen molar-refractivity contribution in [3.8, 4) is 0 Å². The van der Waals surface area contributed by atoms with Crippen molar-refractivity contribution < 1.29 is 27.9 Å². The maximum absolute atomic E-state index is 11.8. The van der Waals surface area contributed by atoms with Gasteiger partial charge in [-0.1, -0.05) is 23.2 Å². The number of hydrogen-bond donors (Lipinski definition) is 1. The van der Waals surface area contributed by atoms with E-state index in [4.69, 9.17) is 33.0 Å². The molecule has 0 aliphatic heterocycles. The van der Waals surface area contributed by atoms with Gasteiger partial charge in [-0.15, -0.1) is 0 Å². The number of sulfone groups is 1. The number of carbonyl (C=O) groups excluding carboxylic acids is 1. The summed E-state index contributed by atoms with van der Waals surface area (Å²) in [4.78, 5) is 21.5. The predicted molar refractivity (Wildman–Crippen MR) is 72.1 cm³/mol. The zero-order chi connectivity index (χ0) is 15.5. The van der Waals surface area contributed by atoms with E-state index in [1.807, 2.05) is 0 Å². The first-order valence-corrected chi connectivity index (χ1v) is 7.70. The van der Waals surface area contributed by atoms with Crippen LogP contribution < -0.4 is 0 Å². The largest absolute Gasteiger partial charge is 0.480 e. The van der Waals surface area contributed by atoms with Gasteiger partial charge < -0.3 is 9.84 Å². The van der Waals surface area contributed by atoms with Crippen LogP contribution in [0.15, 0.2) is 17.0 Å². The third-order valence-electron chi connectivity index (χ3n) is 2.13. The molecule has 0 heterocycles. The molecule has 9 heteroatoms. The second kappa shape index (κ2) is 6.43. The molecule has 1 rings (SSSR count). The number of ether oxygens (including phenoxy) is 1. The molecule has 1 aromatic rings. The van der Waals surface area contributed by atoms with Gasteiger partial charge in [-0.2, -0.15) is 0 Å². The fraction of sp³-hybridized carbons (Fsp3) is 0.273. The molecule has 0 unspecified atom stereocenters. The first kappa shape index (κ1) is 16.7. The lowest BCUT2D eigenvalue weighted by Crippen LogP contribution is -2.16. The minimum Gasteiger partial charge on any atom is -0.480 e. The minimum absolute atomic E-state index is 0.0175. The Morgan fingerprint density at radius 2 is 1.75 bits per heavy atom.